The minimum atomic E-state index is -0.427. The van der Waals surface area contributed by atoms with Crippen LogP contribution in [0.3, 0.4) is 0 Å². The second-order valence-corrected chi connectivity index (χ2v) is 6.04. The Balaban J connectivity index is 1.68. The van der Waals surface area contributed by atoms with E-state index in [1.54, 1.807) is 0 Å². The molecule has 2 aromatic carbocycles. The zero-order valence-corrected chi connectivity index (χ0v) is 14.9. The third-order valence-corrected chi connectivity index (χ3v) is 3.50. The molecule has 138 valence electrons. The lowest BCUT2D eigenvalue weighted by molar-refractivity contribution is 0.102. The Kier molecular flexibility index (Phi) is 5.61. The van der Waals surface area contributed by atoms with E-state index in [0.29, 0.717) is 17.3 Å². The molecule has 2 N–H and O–H groups in total. The average molecular weight is 366 g/mol. The third-order valence-electron chi connectivity index (χ3n) is 3.50. The number of carbonyl (C=O) groups is 1. The molecule has 0 bridgehead atoms. The van der Waals surface area contributed by atoms with Crippen LogP contribution >= 0.6 is 0 Å². The van der Waals surface area contributed by atoms with Crippen molar-refractivity contribution in [1.82, 2.24) is 9.97 Å². The first kappa shape index (κ1) is 18.3. The highest BCUT2D eigenvalue weighted by Gasteiger charge is 2.10. The van der Waals surface area contributed by atoms with Gasteiger partial charge in [-0.15, -0.1) is 0 Å². The van der Waals surface area contributed by atoms with E-state index in [0.717, 1.165) is 5.69 Å². The summed E-state index contributed by atoms with van der Waals surface area (Å²) in [6, 6.07) is 13.0. The number of nitrogens with one attached hydrogen (secondary N) is 2. The molecule has 0 radical (unpaired) electrons. The summed E-state index contributed by atoms with van der Waals surface area (Å²) in [6.45, 7) is 3.90. The van der Waals surface area contributed by atoms with E-state index in [2.05, 4.69) is 20.6 Å². The highest BCUT2D eigenvalue weighted by atomic mass is 19.1. The number of ether oxygens (including phenoxy) is 1. The van der Waals surface area contributed by atoms with Gasteiger partial charge in [-0.25, -0.2) is 14.4 Å². The Morgan fingerprint density at radius 2 is 1.78 bits per heavy atom. The maximum Gasteiger partial charge on any atom is 0.275 e. The van der Waals surface area contributed by atoms with Gasteiger partial charge in [0.1, 0.15) is 23.1 Å². The van der Waals surface area contributed by atoms with Crippen LogP contribution in [0.2, 0.25) is 0 Å². The zero-order valence-electron chi connectivity index (χ0n) is 14.9. The van der Waals surface area contributed by atoms with Crippen molar-refractivity contribution in [3.63, 3.8) is 0 Å². The molecule has 0 saturated carbocycles. The van der Waals surface area contributed by atoms with Gasteiger partial charge in [-0.05, 0) is 50.2 Å². The topological polar surface area (TPSA) is 76.1 Å². The standard InChI is InChI=1S/C20H19FN4O2/c1-13(2)27-18-6-4-3-5-16(18)25-19-12-22-17(11-23-19)20(26)24-15-9-7-14(21)8-10-15/h3-13H,1-2H3,(H,23,25)(H,24,26). The molecule has 0 spiro atoms. The predicted octanol–water partition coefficient (Wildman–Crippen LogP) is 4.40. The Morgan fingerprint density at radius 1 is 1.04 bits per heavy atom. The minimum absolute atomic E-state index is 0.0385. The number of nitrogens with zero attached hydrogens (tertiary/aromatic N) is 2. The number of rotatable bonds is 6. The molecule has 7 heteroatoms. The number of hydrogen-bond donors (Lipinski definition) is 2. The second-order valence-electron chi connectivity index (χ2n) is 6.04. The number of hydrogen-bond acceptors (Lipinski definition) is 5. The van der Waals surface area contributed by atoms with Gasteiger partial charge in [0.05, 0.1) is 24.2 Å². The smallest absolute Gasteiger partial charge is 0.275 e. The lowest BCUT2D eigenvalue weighted by Gasteiger charge is -2.15. The molecule has 3 rings (SSSR count). The normalized spacial score (nSPS) is 10.5. The van der Waals surface area contributed by atoms with E-state index in [1.165, 1.54) is 36.7 Å². The van der Waals surface area contributed by atoms with Gasteiger partial charge >= 0.3 is 0 Å². The fourth-order valence-corrected chi connectivity index (χ4v) is 2.30. The number of aromatic nitrogens is 2. The molecular formula is C20H19FN4O2. The molecule has 0 fully saturated rings. The molecule has 3 aromatic rings. The van der Waals surface area contributed by atoms with Crippen molar-refractivity contribution in [2.24, 2.45) is 0 Å². The van der Waals surface area contributed by atoms with E-state index in [9.17, 15) is 9.18 Å². The molecular weight excluding hydrogens is 347 g/mol. The van der Waals surface area contributed by atoms with Gasteiger partial charge in [0.15, 0.2) is 0 Å². The van der Waals surface area contributed by atoms with Crippen LogP contribution in [0.5, 0.6) is 5.75 Å². The summed E-state index contributed by atoms with van der Waals surface area (Å²) >= 11 is 0. The van der Waals surface area contributed by atoms with Crippen molar-refractivity contribution in [2.75, 3.05) is 10.6 Å². The van der Waals surface area contributed by atoms with Crippen LogP contribution in [0.1, 0.15) is 24.3 Å². The molecule has 0 atom stereocenters. The van der Waals surface area contributed by atoms with Gasteiger partial charge < -0.3 is 15.4 Å². The van der Waals surface area contributed by atoms with Gasteiger partial charge in [0, 0.05) is 5.69 Å². The second kappa shape index (κ2) is 8.27. The lowest BCUT2D eigenvalue weighted by atomic mass is 10.3. The van der Waals surface area contributed by atoms with Crippen LogP contribution in [0.25, 0.3) is 0 Å². The molecule has 0 aliphatic rings. The summed E-state index contributed by atoms with van der Waals surface area (Å²) in [4.78, 5) is 20.5. The maximum atomic E-state index is 12.9. The van der Waals surface area contributed by atoms with Crippen LogP contribution in [0.15, 0.2) is 60.9 Å². The first-order valence-corrected chi connectivity index (χ1v) is 8.43. The summed E-state index contributed by atoms with van der Waals surface area (Å²) in [7, 11) is 0. The molecule has 0 saturated heterocycles. The molecule has 0 unspecified atom stereocenters. The van der Waals surface area contributed by atoms with E-state index in [-0.39, 0.29) is 17.6 Å². The number of para-hydroxylation sites is 2. The molecule has 1 heterocycles. The lowest BCUT2D eigenvalue weighted by Crippen LogP contribution is -2.14. The molecule has 0 aliphatic carbocycles. The summed E-state index contributed by atoms with van der Waals surface area (Å²) in [5, 5.41) is 5.76. The Bertz CT molecular complexity index is 912. The molecule has 1 aromatic heterocycles. The summed E-state index contributed by atoms with van der Waals surface area (Å²) in [6.07, 6.45) is 2.87. The van der Waals surface area contributed by atoms with Crippen molar-refractivity contribution in [2.45, 2.75) is 20.0 Å². The van der Waals surface area contributed by atoms with E-state index in [1.807, 2.05) is 38.1 Å². The largest absolute Gasteiger partial charge is 0.489 e. The van der Waals surface area contributed by atoms with Crippen LogP contribution < -0.4 is 15.4 Å². The number of anilines is 3. The van der Waals surface area contributed by atoms with E-state index < -0.39 is 5.91 Å². The van der Waals surface area contributed by atoms with E-state index >= 15 is 0 Å². The number of carbonyl (C=O) groups excluding carboxylic acids is 1. The summed E-state index contributed by atoms with van der Waals surface area (Å²) in [5.74, 6) is 0.384. The third kappa shape index (κ3) is 5.01. The summed E-state index contributed by atoms with van der Waals surface area (Å²) < 4.78 is 18.7. The molecule has 27 heavy (non-hydrogen) atoms. The first-order valence-electron chi connectivity index (χ1n) is 8.43. The van der Waals surface area contributed by atoms with Crippen LogP contribution in [-0.4, -0.2) is 22.0 Å². The Labute approximate surface area is 156 Å². The fraction of sp³-hybridized carbons (Fsp3) is 0.150. The van der Waals surface area contributed by atoms with E-state index in [4.69, 9.17) is 4.74 Å². The zero-order chi connectivity index (χ0) is 19.2. The van der Waals surface area contributed by atoms with Crippen molar-refractivity contribution >= 4 is 23.1 Å². The van der Waals surface area contributed by atoms with Gasteiger partial charge in [0.2, 0.25) is 0 Å². The van der Waals surface area contributed by atoms with Crippen molar-refractivity contribution in [3.05, 3.63) is 72.4 Å². The van der Waals surface area contributed by atoms with Gasteiger partial charge in [-0.3, -0.25) is 4.79 Å². The Morgan fingerprint density at radius 3 is 2.44 bits per heavy atom. The van der Waals surface area contributed by atoms with Gasteiger partial charge in [-0.2, -0.15) is 0 Å². The minimum Gasteiger partial charge on any atom is -0.489 e. The Hall–Kier alpha value is -3.48. The molecule has 6 nitrogen and oxygen atoms in total. The first-order chi connectivity index (χ1) is 13.0. The molecule has 1 amide bonds. The van der Waals surface area contributed by atoms with Crippen LogP contribution in [-0.2, 0) is 0 Å². The monoisotopic (exact) mass is 366 g/mol. The number of amides is 1. The maximum absolute atomic E-state index is 12.9. The number of halogens is 1. The van der Waals surface area contributed by atoms with Crippen molar-refractivity contribution in [3.8, 4) is 5.75 Å². The highest BCUT2D eigenvalue weighted by molar-refractivity contribution is 6.02. The average Bonchev–Trinajstić information content (AvgIpc) is 2.65. The highest BCUT2D eigenvalue weighted by Crippen LogP contribution is 2.27. The van der Waals surface area contributed by atoms with Gasteiger partial charge in [0.25, 0.3) is 5.91 Å². The van der Waals surface area contributed by atoms with Crippen LogP contribution in [0.4, 0.5) is 21.6 Å². The molecule has 0 aliphatic heterocycles. The predicted molar refractivity (Wildman–Crippen MR) is 102 cm³/mol. The van der Waals surface area contributed by atoms with Crippen LogP contribution in [0, 0.1) is 5.82 Å². The summed E-state index contributed by atoms with van der Waals surface area (Å²) in [5.41, 5.74) is 1.38. The SMILES string of the molecule is CC(C)Oc1ccccc1Nc1cnc(C(=O)Nc2ccc(F)cc2)cn1. The van der Waals surface area contributed by atoms with Crippen molar-refractivity contribution < 1.29 is 13.9 Å². The number of benzene rings is 2. The quantitative estimate of drug-likeness (QED) is 0.676. The van der Waals surface area contributed by atoms with Crippen molar-refractivity contribution in [1.29, 1.82) is 0 Å². The van der Waals surface area contributed by atoms with Gasteiger partial charge in [-0.1, -0.05) is 12.1 Å². The fourth-order valence-electron chi connectivity index (χ4n) is 2.30.